The fraction of sp³-hybridized carbons (Fsp3) is 0.412. The smallest absolute Gasteiger partial charge is 0.311 e. The van der Waals surface area contributed by atoms with Gasteiger partial charge in [0.1, 0.15) is 0 Å². The van der Waals surface area contributed by atoms with Crippen LogP contribution in [0.2, 0.25) is 0 Å². The third kappa shape index (κ3) is 3.22. The maximum absolute atomic E-state index is 11.8. The van der Waals surface area contributed by atoms with Crippen LogP contribution in [-0.2, 0) is 11.2 Å². The summed E-state index contributed by atoms with van der Waals surface area (Å²) in [4.78, 5) is 16.2. The molecule has 1 unspecified atom stereocenters. The Kier molecular flexibility index (Phi) is 4.58. The van der Waals surface area contributed by atoms with Crippen LogP contribution < -0.4 is 5.73 Å². The number of carboxylic acids is 1. The van der Waals surface area contributed by atoms with Crippen molar-refractivity contribution in [2.24, 2.45) is 17.1 Å². The van der Waals surface area contributed by atoms with Gasteiger partial charge in [0, 0.05) is 18.1 Å². The Hall–Kier alpha value is -1.94. The molecule has 1 aromatic carbocycles. The van der Waals surface area contributed by atoms with E-state index in [1.165, 1.54) is 0 Å². The topological polar surface area (TPSA) is 76.2 Å². The van der Waals surface area contributed by atoms with Crippen LogP contribution in [0.3, 0.4) is 0 Å². The van der Waals surface area contributed by atoms with Gasteiger partial charge in [-0.25, -0.2) is 0 Å². The van der Waals surface area contributed by atoms with Crippen molar-refractivity contribution >= 4 is 16.9 Å². The minimum atomic E-state index is -0.931. The highest BCUT2D eigenvalue weighted by Crippen LogP contribution is 2.32. The van der Waals surface area contributed by atoms with Gasteiger partial charge in [0.2, 0.25) is 0 Å². The Morgan fingerprint density at radius 3 is 2.67 bits per heavy atom. The summed E-state index contributed by atoms with van der Waals surface area (Å²) >= 11 is 0. The van der Waals surface area contributed by atoms with E-state index in [1.54, 1.807) is 6.20 Å². The first-order valence-electron chi connectivity index (χ1n) is 7.24. The molecule has 0 aliphatic carbocycles. The molecule has 0 saturated carbocycles. The highest BCUT2D eigenvalue weighted by molar-refractivity contribution is 5.83. The SMILES string of the molecule is CC(C)CC(CN)(Cc1cccc2cccnc12)C(=O)O. The number of para-hydroxylation sites is 1. The van der Waals surface area contributed by atoms with Crippen molar-refractivity contribution in [1.29, 1.82) is 0 Å². The molecule has 0 aliphatic heterocycles. The summed E-state index contributed by atoms with van der Waals surface area (Å²) in [5, 5.41) is 10.7. The van der Waals surface area contributed by atoms with Crippen molar-refractivity contribution in [3.8, 4) is 0 Å². The van der Waals surface area contributed by atoms with Crippen LogP contribution in [0.4, 0.5) is 0 Å². The number of hydrogen-bond acceptors (Lipinski definition) is 3. The van der Waals surface area contributed by atoms with Crippen LogP contribution in [0.25, 0.3) is 10.9 Å². The van der Waals surface area contributed by atoms with Gasteiger partial charge in [0.05, 0.1) is 10.9 Å². The molecule has 0 saturated heterocycles. The number of pyridine rings is 1. The Morgan fingerprint density at radius 2 is 2.05 bits per heavy atom. The zero-order valence-electron chi connectivity index (χ0n) is 12.5. The molecule has 112 valence electrons. The lowest BCUT2D eigenvalue weighted by Crippen LogP contribution is -2.41. The van der Waals surface area contributed by atoms with Crippen molar-refractivity contribution in [1.82, 2.24) is 4.98 Å². The molecule has 2 rings (SSSR count). The standard InChI is InChI=1S/C17H22N2O2/c1-12(2)9-17(11-18,16(20)21)10-14-6-3-5-13-7-4-8-19-15(13)14/h3-8,12H,9-11,18H2,1-2H3,(H,20,21). The van der Waals surface area contributed by atoms with Crippen molar-refractivity contribution in [3.63, 3.8) is 0 Å². The summed E-state index contributed by atoms with van der Waals surface area (Å²) in [6.45, 7) is 4.17. The molecule has 4 heteroatoms. The van der Waals surface area contributed by atoms with Crippen LogP contribution in [0.5, 0.6) is 0 Å². The van der Waals surface area contributed by atoms with Gasteiger partial charge in [0.25, 0.3) is 0 Å². The number of rotatable bonds is 6. The molecule has 2 aromatic rings. The lowest BCUT2D eigenvalue weighted by Gasteiger charge is -2.30. The number of fused-ring (bicyclic) bond motifs is 1. The summed E-state index contributed by atoms with van der Waals surface area (Å²) in [6, 6.07) is 9.74. The molecular formula is C17H22N2O2. The molecule has 0 spiro atoms. The second kappa shape index (κ2) is 6.22. The maximum atomic E-state index is 11.8. The second-order valence-electron chi connectivity index (χ2n) is 6.06. The molecule has 1 atom stereocenters. The van der Waals surface area contributed by atoms with Gasteiger partial charge < -0.3 is 10.8 Å². The van der Waals surface area contributed by atoms with Crippen LogP contribution in [0, 0.1) is 11.3 Å². The maximum Gasteiger partial charge on any atom is 0.311 e. The molecule has 3 N–H and O–H groups in total. The van der Waals surface area contributed by atoms with Crippen molar-refractivity contribution < 1.29 is 9.90 Å². The molecule has 0 fully saturated rings. The fourth-order valence-corrected chi connectivity index (χ4v) is 2.93. The second-order valence-corrected chi connectivity index (χ2v) is 6.06. The average Bonchev–Trinajstić information content (AvgIpc) is 2.46. The van der Waals surface area contributed by atoms with Gasteiger partial charge in [-0.2, -0.15) is 0 Å². The van der Waals surface area contributed by atoms with Crippen LogP contribution in [0.15, 0.2) is 36.5 Å². The Labute approximate surface area is 125 Å². The minimum Gasteiger partial charge on any atom is -0.481 e. The van der Waals surface area contributed by atoms with E-state index < -0.39 is 11.4 Å². The lowest BCUT2D eigenvalue weighted by atomic mass is 9.75. The number of nitrogens with zero attached hydrogens (tertiary/aromatic N) is 1. The van der Waals surface area contributed by atoms with E-state index in [9.17, 15) is 9.90 Å². The van der Waals surface area contributed by atoms with Gasteiger partial charge >= 0.3 is 5.97 Å². The molecule has 21 heavy (non-hydrogen) atoms. The minimum absolute atomic E-state index is 0.129. The molecule has 0 radical (unpaired) electrons. The molecule has 0 bridgehead atoms. The number of aromatic nitrogens is 1. The lowest BCUT2D eigenvalue weighted by molar-refractivity contribution is -0.149. The quantitative estimate of drug-likeness (QED) is 0.856. The van der Waals surface area contributed by atoms with E-state index in [0.29, 0.717) is 12.8 Å². The number of nitrogens with two attached hydrogens (primary N) is 1. The molecular weight excluding hydrogens is 264 g/mol. The Bertz CT molecular complexity index is 634. The number of benzene rings is 1. The number of carbonyl (C=O) groups is 1. The van der Waals surface area contributed by atoms with E-state index in [-0.39, 0.29) is 12.5 Å². The van der Waals surface area contributed by atoms with Gasteiger partial charge in [-0.3, -0.25) is 9.78 Å². The third-order valence-corrected chi connectivity index (χ3v) is 3.89. The highest BCUT2D eigenvalue weighted by Gasteiger charge is 2.38. The summed E-state index contributed by atoms with van der Waals surface area (Å²) in [5.74, 6) is -0.556. The van der Waals surface area contributed by atoms with Gasteiger partial charge in [-0.05, 0) is 30.4 Å². The van der Waals surface area contributed by atoms with Crippen molar-refractivity contribution in [2.45, 2.75) is 26.7 Å². The van der Waals surface area contributed by atoms with Crippen LogP contribution in [-0.4, -0.2) is 22.6 Å². The van der Waals surface area contributed by atoms with Gasteiger partial charge in [-0.1, -0.05) is 38.1 Å². The molecule has 0 aliphatic rings. The predicted molar refractivity (Wildman–Crippen MR) is 84.0 cm³/mol. The van der Waals surface area contributed by atoms with Crippen LogP contribution >= 0.6 is 0 Å². The van der Waals surface area contributed by atoms with E-state index in [2.05, 4.69) is 4.98 Å². The number of aliphatic carboxylic acids is 1. The third-order valence-electron chi connectivity index (χ3n) is 3.89. The predicted octanol–water partition coefficient (Wildman–Crippen LogP) is 2.85. The van der Waals surface area contributed by atoms with Crippen molar-refractivity contribution in [3.05, 3.63) is 42.1 Å². The van der Waals surface area contributed by atoms with Gasteiger partial charge in [0.15, 0.2) is 0 Å². The fourth-order valence-electron chi connectivity index (χ4n) is 2.93. The number of hydrogen-bond donors (Lipinski definition) is 2. The zero-order chi connectivity index (χ0) is 15.5. The Morgan fingerprint density at radius 1 is 1.33 bits per heavy atom. The Balaban J connectivity index is 2.46. The summed E-state index contributed by atoms with van der Waals surface area (Å²) in [6.07, 6.45) is 2.70. The van der Waals surface area contributed by atoms with Crippen LogP contribution in [0.1, 0.15) is 25.8 Å². The van der Waals surface area contributed by atoms with E-state index in [4.69, 9.17) is 5.73 Å². The van der Waals surface area contributed by atoms with E-state index >= 15 is 0 Å². The molecule has 1 heterocycles. The average molecular weight is 286 g/mol. The normalized spacial score (nSPS) is 14.3. The van der Waals surface area contributed by atoms with E-state index in [1.807, 2.05) is 44.2 Å². The molecule has 0 amide bonds. The summed E-state index contributed by atoms with van der Waals surface area (Å²) in [7, 11) is 0. The highest BCUT2D eigenvalue weighted by atomic mass is 16.4. The molecule has 1 aromatic heterocycles. The van der Waals surface area contributed by atoms with E-state index in [0.717, 1.165) is 16.5 Å². The zero-order valence-corrected chi connectivity index (χ0v) is 12.5. The first-order chi connectivity index (χ1) is 9.98. The monoisotopic (exact) mass is 286 g/mol. The first kappa shape index (κ1) is 15.4. The number of carboxylic acid groups (broad SMARTS) is 1. The largest absolute Gasteiger partial charge is 0.481 e. The first-order valence-corrected chi connectivity index (χ1v) is 7.24. The summed E-state index contributed by atoms with van der Waals surface area (Å²) < 4.78 is 0. The molecule has 4 nitrogen and oxygen atoms in total. The van der Waals surface area contributed by atoms with Gasteiger partial charge in [-0.15, -0.1) is 0 Å². The van der Waals surface area contributed by atoms with Crippen molar-refractivity contribution in [2.75, 3.05) is 6.54 Å². The summed E-state index contributed by atoms with van der Waals surface area (Å²) in [5.41, 5.74) is 6.73.